The fourth-order valence-electron chi connectivity index (χ4n) is 4.51. The van der Waals surface area contributed by atoms with E-state index in [-0.39, 0.29) is 5.41 Å². The first-order valence-electron chi connectivity index (χ1n) is 9.81. The summed E-state index contributed by atoms with van der Waals surface area (Å²) in [4.78, 5) is 16.1. The second kappa shape index (κ2) is 5.83. The summed E-state index contributed by atoms with van der Waals surface area (Å²) in [6.07, 6.45) is 9.45. The molecule has 2 bridgehead atoms. The van der Waals surface area contributed by atoms with E-state index in [4.69, 9.17) is 10.1 Å². The van der Waals surface area contributed by atoms with Crippen LogP contribution in [0.2, 0.25) is 0 Å². The molecule has 6 nitrogen and oxygen atoms in total. The standard InChI is InChI=1S/C21H26N6/c1-13-22-9-14(10-23-13)12-26-15-5-6-17(26)16-11-24-20-8-19(21(2,3)4)25-27(20)18(16)7-15/h8-11,15,17H,5-7,12H2,1-4H3. The highest BCUT2D eigenvalue weighted by Crippen LogP contribution is 2.44. The fourth-order valence-corrected chi connectivity index (χ4v) is 4.51. The monoisotopic (exact) mass is 362 g/mol. The van der Waals surface area contributed by atoms with E-state index in [1.807, 2.05) is 19.3 Å². The Morgan fingerprint density at radius 2 is 1.85 bits per heavy atom. The zero-order chi connectivity index (χ0) is 18.8. The average molecular weight is 362 g/mol. The smallest absolute Gasteiger partial charge is 0.155 e. The Hall–Kier alpha value is -2.34. The van der Waals surface area contributed by atoms with Crippen molar-refractivity contribution in [1.82, 2.24) is 29.5 Å². The Morgan fingerprint density at radius 3 is 2.59 bits per heavy atom. The van der Waals surface area contributed by atoms with Gasteiger partial charge < -0.3 is 0 Å². The molecule has 3 aromatic rings. The Balaban J connectivity index is 1.52. The molecule has 0 amide bonds. The molecule has 0 N–H and O–H groups in total. The molecule has 0 radical (unpaired) electrons. The van der Waals surface area contributed by atoms with Crippen LogP contribution in [0.3, 0.4) is 0 Å². The van der Waals surface area contributed by atoms with Gasteiger partial charge in [0.2, 0.25) is 0 Å². The zero-order valence-electron chi connectivity index (χ0n) is 16.5. The Bertz CT molecular complexity index is 998. The largest absolute Gasteiger partial charge is 0.289 e. The van der Waals surface area contributed by atoms with Crippen molar-refractivity contribution in [3.63, 3.8) is 0 Å². The van der Waals surface area contributed by atoms with Crippen LogP contribution in [0.1, 0.15) is 68.0 Å². The van der Waals surface area contributed by atoms with E-state index in [2.05, 4.69) is 52.4 Å². The number of rotatable bonds is 2. The molecule has 6 heteroatoms. The van der Waals surface area contributed by atoms with Crippen LogP contribution in [0, 0.1) is 6.92 Å². The minimum atomic E-state index is 0.0334. The zero-order valence-corrected chi connectivity index (χ0v) is 16.5. The summed E-state index contributed by atoms with van der Waals surface area (Å²) in [6.45, 7) is 9.44. The van der Waals surface area contributed by atoms with E-state index in [0.717, 1.165) is 30.1 Å². The van der Waals surface area contributed by atoms with Crippen molar-refractivity contribution in [3.8, 4) is 0 Å². The predicted molar refractivity (Wildman–Crippen MR) is 103 cm³/mol. The van der Waals surface area contributed by atoms with Gasteiger partial charge in [0.25, 0.3) is 0 Å². The first-order valence-corrected chi connectivity index (χ1v) is 9.81. The van der Waals surface area contributed by atoms with Crippen molar-refractivity contribution < 1.29 is 0 Å². The van der Waals surface area contributed by atoms with E-state index >= 15 is 0 Å². The lowest BCUT2D eigenvalue weighted by Gasteiger charge is -2.36. The predicted octanol–water partition coefficient (Wildman–Crippen LogP) is 3.39. The minimum absolute atomic E-state index is 0.0334. The SMILES string of the molecule is Cc1ncc(CN2C3CCC2c2cnc4cc(C(C)(C)C)nn4c2C3)cn1. The summed E-state index contributed by atoms with van der Waals surface area (Å²) in [7, 11) is 0. The molecule has 0 aromatic carbocycles. The number of hydrogen-bond donors (Lipinski definition) is 0. The van der Waals surface area contributed by atoms with Gasteiger partial charge >= 0.3 is 0 Å². The van der Waals surface area contributed by atoms with Crippen molar-refractivity contribution in [1.29, 1.82) is 0 Å². The van der Waals surface area contributed by atoms with E-state index in [1.165, 1.54) is 29.7 Å². The molecule has 2 atom stereocenters. The van der Waals surface area contributed by atoms with Gasteiger partial charge in [-0.15, -0.1) is 0 Å². The van der Waals surface area contributed by atoms with Gasteiger partial charge in [-0.25, -0.2) is 19.5 Å². The third-order valence-corrected chi connectivity index (χ3v) is 6.01. The van der Waals surface area contributed by atoms with Crippen molar-refractivity contribution in [2.24, 2.45) is 0 Å². The van der Waals surface area contributed by atoms with E-state index < -0.39 is 0 Å². The highest BCUT2D eigenvalue weighted by atomic mass is 15.3. The van der Waals surface area contributed by atoms with Gasteiger partial charge in [-0.2, -0.15) is 5.10 Å². The number of aromatic nitrogens is 5. The average Bonchev–Trinajstić information content (AvgIpc) is 3.18. The van der Waals surface area contributed by atoms with Crippen LogP contribution < -0.4 is 0 Å². The van der Waals surface area contributed by atoms with E-state index in [9.17, 15) is 0 Å². The minimum Gasteiger partial charge on any atom is -0.289 e. The van der Waals surface area contributed by atoms with Crippen molar-refractivity contribution in [2.45, 2.75) is 71.0 Å². The van der Waals surface area contributed by atoms with E-state index in [1.54, 1.807) is 0 Å². The molecule has 1 fully saturated rings. The van der Waals surface area contributed by atoms with Crippen LogP contribution in [0.15, 0.2) is 24.7 Å². The lowest BCUT2D eigenvalue weighted by molar-refractivity contribution is 0.164. The molecule has 0 aliphatic carbocycles. The number of hydrogen-bond acceptors (Lipinski definition) is 5. The second-order valence-electron chi connectivity index (χ2n) is 8.97. The van der Waals surface area contributed by atoms with Crippen LogP contribution in [0.4, 0.5) is 0 Å². The molecule has 27 heavy (non-hydrogen) atoms. The van der Waals surface area contributed by atoms with Gasteiger partial charge in [0, 0.05) is 66.2 Å². The molecule has 0 spiro atoms. The molecule has 3 aromatic heterocycles. The lowest BCUT2D eigenvalue weighted by Crippen LogP contribution is -2.38. The van der Waals surface area contributed by atoms with Gasteiger partial charge in [0.15, 0.2) is 5.65 Å². The van der Waals surface area contributed by atoms with Gasteiger partial charge in [-0.1, -0.05) is 20.8 Å². The van der Waals surface area contributed by atoms with Crippen molar-refractivity contribution in [3.05, 3.63) is 53.0 Å². The van der Waals surface area contributed by atoms with Gasteiger partial charge in [-0.05, 0) is 19.8 Å². The molecule has 5 rings (SSSR count). The summed E-state index contributed by atoms with van der Waals surface area (Å²) < 4.78 is 2.10. The maximum absolute atomic E-state index is 4.93. The molecule has 5 heterocycles. The Labute approximate surface area is 159 Å². The summed E-state index contributed by atoms with van der Waals surface area (Å²) in [5.74, 6) is 0.825. The molecular weight excluding hydrogens is 336 g/mol. The number of aryl methyl sites for hydroxylation is 1. The lowest BCUT2D eigenvalue weighted by atomic mass is 9.93. The molecule has 2 aliphatic heterocycles. The Morgan fingerprint density at radius 1 is 1.07 bits per heavy atom. The summed E-state index contributed by atoms with van der Waals surface area (Å²) in [5.41, 5.74) is 5.98. The second-order valence-corrected chi connectivity index (χ2v) is 8.97. The number of nitrogens with zero attached hydrogens (tertiary/aromatic N) is 6. The first-order chi connectivity index (χ1) is 12.9. The van der Waals surface area contributed by atoms with Gasteiger partial charge in [0.05, 0.1) is 11.4 Å². The van der Waals surface area contributed by atoms with Crippen LogP contribution in [-0.4, -0.2) is 35.5 Å². The summed E-state index contributed by atoms with van der Waals surface area (Å²) >= 11 is 0. The maximum Gasteiger partial charge on any atom is 0.155 e. The van der Waals surface area contributed by atoms with Crippen LogP contribution in [0.5, 0.6) is 0 Å². The van der Waals surface area contributed by atoms with Gasteiger partial charge in [0.1, 0.15) is 5.82 Å². The third-order valence-electron chi connectivity index (χ3n) is 6.01. The highest BCUT2D eigenvalue weighted by molar-refractivity contribution is 5.45. The van der Waals surface area contributed by atoms with Crippen molar-refractivity contribution in [2.75, 3.05) is 0 Å². The van der Waals surface area contributed by atoms with Crippen LogP contribution in [0.25, 0.3) is 5.65 Å². The maximum atomic E-state index is 4.93. The first kappa shape index (κ1) is 16.8. The van der Waals surface area contributed by atoms with Crippen molar-refractivity contribution >= 4 is 5.65 Å². The topological polar surface area (TPSA) is 59.2 Å². The molecule has 2 unspecified atom stereocenters. The number of fused-ring (bicyclic) bond motifs is 6. The molecule has 0 saturated carbocycles. The molecular formula is C21H26N6. The highest BCUT2D eigenvalue weighted by Gasteiger charge is 2.41. The normalized spacial score (nSPS) is 22.4. The molecule has 2 aliphatic rings. The summed E-state index contributed by atoms with van der Waals surface area (Å²) in [5, 5.41) is 4.93. The molecule has 1 saturated heterocycles. The molecule has 140 valence electrons. The summed E-state index contributed by atoms with van der Waals surface area (Å²) in [6, 6.07) is 3.11. The van der Waals surface area contributed by atoms with Gasteiger partial charge in [-0.3, -0.25) is 4.90 Å². The van der Waals surface area contributed by atoms with Crippen LogP contribution >= 0.6 is 0 Å². The van der Waals surface area contributed by atoms with Crippen LogP contribution in [-0.2, 0) is 18.4 Å². The van der Waals surface area contributed by atoms with E-state index in [0.29, 0.717) is 12.1 Å². The fraction of sp³-hybridized carbons (Fsp3) is 0.524. The third kappa shape index (κ3) is 2.74. The quantitative estimate of drug-likeness (QED) is 0.699. The Kier molecular flexibility index (Phi) is 3.63.